The van der Waals surface area contributed by atoms with Gasteiger partial charge in [0.1, 0.15) is 11.2 Å². The number of fused-ring (bicyclic) bond motifs is 7. The first-order valence-electron chi connectivity index (χ1n) is 18.9. The molecule has 2 heterocycles. The van der Waals surface area contributed by atoms with Crippen molar-refractivity contribution < 1.29 is 4.42 Å². The van der Waals surface area contributed by atoms with Crippen LogP contribution in [-0.4, -0.2) is 4.57 Å². The van der Waals surface area contributed by atoms with Crippen LogP contribution in [0.15, 0.2) is 205 Å². The number of rotatable bonds is 5. The predicted molar refractivity (Wildman–Crippen MR) is 231 cm³/mol. The van der Waals surface area contributed by atoms with Gasteiger partial charge in [-0.3, -0.25) is 0 Å². The van der Waals surface area contributed by atoms with E-state index in [1.54, 1.807) is 0 Å². The van der Waals surface area contributed by atoms with Gasteiger partial charge in [0, 0.05) is 39.2 Å². The minimum atomic E-state index is 0.0752. The molecule has 0 saturated heterocycles. The molecule has 0 bridgehead atoms. The monoisotopic (exact) mass is 701 g/mol. The minimum absolute atomic E-state index is 0.0752. The van der Waals surface area contributed by atoms with Crippen LogP contribution in [0.3, 0.4) is 0 Å². The Kier molecular flexibility index (Phi) is 7.11. The molecule has 0 saturated carbocycles. The predicted octanol–water partition coefficient (Wildman–Crippen LogP) is 14.3. The van der Waals surface area contributed by atoms with Gasteiger partial charge in [0.2, 0.25) is 0 Å². The fourth-order valence-corrected chi connectivity index (χ4v) is 8.81. The molecule has 2 aromatic heterocycles. The van der Waals surface area contributed by atoms with Crippen molar-refractivity contribution in [2.24, 2.45) is 0 Å². The van der Waals surface area contributed by atoms with Gasteiger partial charge in [0.05, 0.1) is 11.0 Å². The van der Waals surface area contributed by atoms with Crippen LogP contribution >= 0.6 is 0 Å². The third-order valence-electron chi connectivity index (χ3n) is 11.4. The van der Waals surface area contributed by atoms with Gasteiger partial charge < -0.3 is 8.98 Å². The molecule has 0 amide bonds. The van der Waals surface area contributed by atoms with E-state index >= 15 is 0 Å². The molecular weight excluding hydrogens is 667 g/mol. The molecule has 1 atom stereocenters. The van der Waals surface area contributed by atoms with E-state index in [1.165, 1.54) is 60.9 Å². The maximum atomic E-state index is 6.76. The molecule has 2 nitrogen and oxygen atoms in total. The molecule has 10 aromatic rings. The minimum Gasteiger partial charge on any atom is -0.456 e. The molecule has 0 radical (unpaired) electrons. The summed E-state index contributed by atoms with van der Waals surface area (Å²) in [5.74, 6) is 0.0752. The Morgan fingerprint density at radius 1 is 0.436 bits per heavy atom. The van der Waals surface area contributed by atoms with Crippen LogP contribution < -0.4 is 0 Å². The van der Waals surface area contributed by atoms with Gasteiger partial charge in [0.25, 0.3) is 0 Å². The molecule has 1 unspecified atom stereocenters. The zero-order valence-electron chi connectivity index (χ0n) is 30.1. The fourth-order valence-electron chi connectivity index (χ4n) is 8.81. The third kappa shape index (κ3) is 5.03. The van der Waals surface area contributed by atoms with E-state index in [9.17, 15) is 0 Å². The smallest absolute Gasteiger partial charge is 0.137 e. The Balaban J connectivity index is 1.11. The second-order valence-electron chi connectivity index (χ2n) is 14.5. The van der Waals surface area contributed by atoms with Gasteiger partial charge in [-0.25, -0.2) is 0 Å². The molecule has 55 heavy (non-hydrogen) atoms. The van der Waals surface area contributed by atoms with Gasteiger partial charge in [-0.1, -0.05) is 152 Å². The van der Waals surface area contributed by atoms with Crippen molar-refractivity contribution >= 4 is 54.9 Å². The zero-order chi connectivity index (χ0) is 36.5. The van der Waals surface area contributed by atoms with E-state index in [0.29, 0.717) is 0 Å². The molecule has 258 valence electrons. The quantitative estimate of drug-likeness (QED) is 0.175. The number of furan rings is 1. The normalized spacial score (nSPS) is 14.1. The highest BCUT2D eigenvalue weighted by atomic mass is 16.3. The molecule has 0 fully saturated rings. The van der Waals surface area contributed by atoms with Gasteiger partial charge in [-0.15, -0.1) is 0 Å². The second kappa shape index (κ2) is 12.5. The summed E-state index contributed by atoms with van der Waals surface area (Å²) < 4.78 is 9.15. The SMILES string of the molecule is C=C1c2ccccc2C(c2cccc3oc4cc(-n5c6ccc(-c7ccccc7)cc6c6cc(-c7ccccc7)ccc65)ccc4c23)=CC1c1ccccc1. The fraction of sp³-hybridized carbons (Fsp3) is 0.0189. The van der Waals surface area contributed by atoms with Crippen LogP contribution in [0.4, 0.5) is 0 Å². The summed E-state index contributed by atoms with van der Waals surface area (Å²) in [5.41, 5.74) is 17.1. The van der Waals surface area contributed by atoms with Gasteiger partial charge in [0.15, 0.2) is 0 Å². The first-order valence-corrected chi connectivity index (χ1v) is 18.9. The lowest BCUT2D eigenvalue weighted by atomic mass is 9.76. The van der Waals surface area contributed by atoms with Crippen LogP contribution in [0, 0.1) is 0 Å². The lowest BCUT2D eigenvalue weighted by molar-refractivity contribution is 0.668. The highest BCUT2D eigenvalue weighted by molar-refractivity contribution is 6.14. The first kappa shape index (κ1) is 31.4. The molecule has 0 spiro atoms. The van der Waals surface area contributed by atoms with E-state index in [0.717, 1.165) is 44.2 Å². The molecule has 2 heteroatoms. The summed E-state index contributed by atoms with van der Waals surface area (Å²) >= 11 is 0. The third-order valence-corrected chi connectivity index (χ3v) is 11.4. The van der Waals surface area contributed by atoms with Crippen molar-refractivity contribution in [2.75, 3.05) is 0 Å². The molecule has 11 rings (SSSR count). The summed E-state index contributed by atoms with van der Waals surface area (Å²) in [4.78, 5) is 0. The van der Waals surface area contributed by atoms with Crippen molar-refractivity contribution in [1.29, 1.82) is 0 Å². The van der Waals surface area contributed by atoms with E-state index in [4.69, 9.17) is 4.42 Å². The van der Waals surface area contributed by atoms with Crippen molar-refractivity contribution in [3.8, 4) is 27.9 Å². The van der Waals surface area contributed by atoms with Crippen LogP contribution in [0.1, 0.15) is 28.2 Å². The number of allylic oxidation sites excluding steroid dienone is 2. The Morgan fingerprint density at radius 2 is 1.02 bits per heavy atom. The van der Waals surface area contributed by atoms with Crippen LogP contribution in [0.25, 0.3) is 82.8 Å². The lowest BCUT2D eigenvalue weighted by Crippen LogP contribution is -2.08. The Labute approximate surface area is 319 Å². The molecule has 1 aliphatic rings. The maximum Gasteiger partial charge on any atom is 0.137 e. The number of hydrogen-bond acceptors (Lipinski definition) is 1. The Hall–Kier alpha value is -7.16. The number of aromatic nitrogens is 1. The average Bonchev–Trinajstić information content (AvgIpc) is 3.79. The van der Waals surface area contributed by atoms with E-state index in [2.05, 4.69) is 205 Å². The highest BCUT2D eigenvalue weighted by Crippen LogP contribution is 2.47. The highest BCUT2D eigenvalue weighted by Gasteiger charge is 2.27. The number of benzene rings is 8. The lowest BCUT2D eigenvalue weighted by Gasteiger charge is -2.27. The van der Waals surface area contributed by atoms with Crippen molar-refractivity contribution in [3.05, 3.63) is 223 Å². The van der Waals surface area contributed by atoms with E-state index < -0.39 is 0 Å². The molecule has 0 aliphatic heterocycles. The van der Waals surface area contributed by atoms with Crippen LogP contribution in [-0.2, 0) is 0 Å². The number of hydrogen-bond donors (Lipinski definition) is 0. The standard InChI is InChI=1S/C53H35NO/c1-34-41-20-11-12-21-42(41)46(33-45(34)37-18-9-4-10-19-37)43-22-13-23-51-53(43)44-27-26-40(32-52(44)55-51)54-49-28-24-38(35-14-5-2-6-15-35)30-47(49)48-31-39(25-29-50(48)54)36-16-7-3-8-17-36/h2-33,45H,1H2. The maximum absolute atomic E-state index is 6.76. The van der Waals surface area contributed by atoms with Crippen molar-refractivity contribution in [3.63, 3.8) is 0 Å². The van der Waals surface area contributed by atoms with Gasteiger partial charge in [-0.05, 0) is 98.1 Å². The second-order valence-corrected chi connectivity index (χ2v) is 14.5. The summed E-state index contributed by atoms with van der Waals surface area (Å²) in [7, 11) is 0. The van der Waals surface area contributed by atoms with Crippen LogP contribution in [0.2, 0.25) is 0 Å². The first-order chi connectivity index (χ1) is 27.2. The Bertz CT molecular complexity index is 3050. The van der Waals surface area contributed by atoms with Crippen molar-refractivity contribution in [1.82, 2.24) is 4.57 Å². The molecule has 1 aliphatic carbocycles. The van der Waals surface area contributed by atoms with Gasteiger partial charge >= 0.3 is 0 Å². The number of nitrogens with zero attached hydrogens (tertiary/aromatic N) is 1. The topological polar surface area (TPSA) is 18.1 Å². The summed E-state index contributed by atoms with van der Waals surface area (Å²) in [6.07, 6.45) is 2.40. The summed E-state index contributed by atoms with van der Waals surface area (Å²) in [6, 6.07) is 67.5. The summed E-state index contributed by atoms with van der Waals surface area (Å²) in [6.45, 7) is 4.60. The van der Waals surface area contributed by atoms with E-state index in [1.807, 2.05) is 0 Å². The largest absolute Gasteiger partial charge is 0.456 e. The van der Waals surface area contributed by atoms with Crippen molar-refractivity contribution in [2.45, 2.75) is 5.92 Å². The van der Waals surface area contributed by atoms with E-state index in [-0.39, 0.29) is 5.92 Å². The molecular formula is C53H35NO. The average molecular weight is 702 g/mol. The molecule has 0 N–H and O–H groups in total. The van der Waals surface area contributed by atoms with Gasteiger partial charge in [-0.2, -0.15) is 0 Å². The zero-order valence-corrected chi connectivity index (χ0v) is 30.1. The molecule has 8 aromatic carbocycles. The van der Waals surface area contributed by atoms with Crippen LogP contribution in [0.5, 0.6) is 0 Å². The Morgan fingerprint density at radius 3 is 1.67 bits per heavy atom. The summed E-state index contributed by atoms with van der Waals surface area (Å²) in [5, 5.41) is 4.68.